The molecule has 0 saturated carbocycles. The van der Waals surface area contributed by atoms with E-state index in [4.69, 9.17) is 0 Å². The second-order valence-corrected chi connectivity index (χ2v) is 7.90. The Labute approximate surface area is 159 Å². The molecule has 3 rings (SSSR count). The van der Waals surface area contributed by atoms with Crippen LogP contribution in [0.2, 0.25) is 0 Å². The zero-order chi connectivity index (χ0) is 19.6. The van der Waals surface area contributed by atoms with Gasteiger partial charge in [-0.05, 0) is 38.3 Å². The van der Waals surface area contributed by atoms with E-state index in [0.29, 0.717) is 12.2 Å². The molecule has 1 aromatic carbocycles. The lowest BCUT2D eigenvalue weighted by Gasteiger charge is -2.23. The largest absolute Gasteiger partial charge is 0.288 e. The van der Waals surface area contributed by atoms with E-state index in [2.05, 4.69) is 55.1 Å². The third kappa shape index (κ3) is 4.42. The number of aromatic nitrogens is 5. The van der Waals surface area contributed by atoms with Crippen molar-refractivity contribution in [3.05, 3.63) is 59.7 Å². The molecule has 2 heterocycles. The van der Waals surface area contributed by atoms with Crippen molar-refractivity contribution in [1.82, 2.24) is 24.5 Å². The Hall–Kier alpha value is -2.96. The van der Waals surface area contributed by atoms with Crippen molar-refractivity contribution >= 4 is 11.9 Å². The van der Waals surface area contributed by atoms with Crippen LogP contribution in [0.5, 0.6) is 0 Å². The smallest absolute Gasteiger partial charge is 0.278 e. The molecule has 0 aliphatic rings. The predicted octanol–water partition coefficient (Wildman–Crippen LogP) is 3.65. The Morgan fingerprint density at radius 1 is 1.15 bits per heavy atom. The van der Waals surface area contributed by atoms with Gasteiger partial charge in [0, 0.05) is 5.69 Å². The van der Waals surface area contributed by atoms with Crippen LogP contribution < -0.4 is 5.32 Å². The van der Waals surface area contributed by atoms with E-state index in [0.717, 1.165) is 11.3 Å². The van der Waals surface area contributed by atoms with Crippen LogP contribution in [0, 0.1) is 0 Å². The minimum Gasteiger partial charge on any atom is -0.288 e. The molecule has 7 nitrogen and oxygen atoms in total. The number of anilines is 1. The van der Waals surface area contributed by atoms with Crippen LogP contribution in [0.25, 0.3) is 0 Å². The molecule has 0 atom stereocenters. The lowest BCUT2D eigenvalue weighted by atomic mass is 10.1. The summed E-state index contributed by atoms with van der Waals surface area (Å²) in [6.45, 7) is 11.0. The molecule has 0 saturated heterocycles. The molecule has 0 aliphatic carbocycles. The van der Waals surface area contributed by atoms with Gasteiger partial charge < -0.3 is 0 Å². The van der Waals surface area contributed by atoms with Crippen LogP contribution in [0.4, 0.5) is 5.95 Å². The highest BCUT2D eigenvalue weighted by Crippen LogP contribution is 2.23. The molecule has 0 unspecified atom stereocenters. The average Bonchev–Trinajstić information content (AvgIpc) is 3.22. The summed E-state index contributed by atoms with van der Waals surface area (Å²) in [6.07, 6.45) is 1.61. The van der Waals surface area contributed by atoms with Crippen LogP contribution >= 0.6 is 0 Å². The summed E-state index contributed by atoms with van der Waals surface area (Å²) in [5.41, 5.74) is 2.31. The van der Waals surface area contributed by atoms with E-state index in [-0.39, 0.29) is 23.3 Å². The van der Waals surface area contributed by atoms with E-state index >= 15 is 0 Å². The van der Waals surface area contributed by atoms with Crippen molar-refractivity contribution in [1.29, 1.82) is 0 Å². The van der Waals surface area contributed by atoms with Gasteiger partial charge in [0.1, 0.15) is 6.33 Å². The van der Waals surface area contributed by atoms with Crippen molar-refractivity contribution in [2.75, 3.05) is 5.32 Å². The maximum absolute atomic E-state index is 12.6. The van der Waals surface area contributed by atoms with Crippen molar-refractivity contribution in [3.8, 4) is 0 Å². The quantitative estimate of drug-likeness (QED) is 0.747. The monoisotopic (exact) mass is 366 g/mol. The van der Waals surface area contributed by atoms with Crippen molar-refractivity contribution in [2.45, 2.75) is 52.6 Å². The molecule has 1 N–H and O–H groups in total. The maximum atomic E-state index is 12.6. The first-order valence-electron chi connectivity index (χ1n) is 9.09. The first-order chi connectivity index (χ1) is 12.7. The number of hydrogen-bond acceptors (Lipinski definition) is 4. The molecule has 0 spiro atoms. The van der Waals surface area contributed by atoms with Gasteiger partial charge in [-0.15, -0.1) is 5.10 Å². The third-order valence-electron chi connectivity index (χ3n) is 4.15. The molecular weight excluding hydrogens is 340 g/mol. The summed E-state index contributed by atoms with van der Waals surface area (Å²) in [7, 11) is 0. The van der Waals surface area contributed by atoms with E-state index < -0.39 is 0 Å². The molecule has 0 fully saturated rings. The second kappa shape index (κ2) is 7.34. The first-order valence-corrected chi connectivity index (χ1v) is 9.09. The predicted molar refractivity (Wildman–Crippen MR) is 105 cm³/mol. The number of carbonyl (C=O) groups excluding carboxylic acids is 1. The highest BCUT2D eigenvalue weighted by Gasteiger charge is 2.24. The van der Waals surface area contributed by atoms with Crippen LogP contribution in [0.3, 0.4) is 0 Å². The van der Waals surface area contributed by atoms with E-state index in [1.807, 2.05) is 41.1 Å². The zero-order valence-electron chi connectivity index (χ0n) is 16.5. The zero-order valence-corrected chi connectivity index (χ0v) is 16.5. The normalized spacial score (nSPS) is 11.8. The third-order valence-corrected chi connectivity index (χ3v) is 4.15. The SMILES string of the molecule is CC(C)c1cc(C(=O)Nc2ncn(Cc3ccccc3)n2)nn1C(C)(C)C. The van der Waals surface area contributed by atoms with Gasteiger partial charge in [0.05, 0.1) is 12.1 Å². The Kier molecular flexibility index (Phi) is 5.12. The highest BCUT2D eigenvalue weighted by atomic mass is 16.2. The molecule has 27 heavy (non-hydrogen) atoms. The Morgan fingerprint density at radius 2 is 1.85 bits per heavy atom. The highest BCUT2D eigenvalue weighted by molar-refractivity contribution is 6.01. The number of carbonyl (C=O) groups is 1. The lowest BCUT2D eigenvalue weighted by molar-refractivity contribution is 0.102. The summed E-state index contributed by atoms with van der Waals surface area (Å²) < 4.78 is 3.60. The van der Waals surface area contributed by atoms with E-state index in [9.17, 15) is 4.79 Å². The molecule has 2 aromatic heterocycles. The molecular formula is C20H26N6O. The van der Waals surface area contributed by atoms with Gasteiger partial charge in [-0.3, -0.25) is 14.8 Å². The van der Waals surface area contributed by atoms with E-state index in [1.165, 1.54) is 0 Å². The topological polar surface area (TPSA) is 77.6 Å². The molecule has 7 heteroatoms. The standard InChI is InChI=1S/C20H26N6O/c1-14(2)17-11-16(23-26(17)20(3,4)5)18(27)22-19-21-13-25(24-19)12-15-9-7-6-8-10-15/h6-11,13-14H,12H2,1-5H3,(H,22,24,27). The fourth-order valence-electron chi connectivity index (χ4n) is 2.82. The van der Waals surface area contributed by atoms with Crippen LogP contribution in [0.15, 0.2) is 42.7 Å². The molecule has 0 bridgehead atoms. The van der Waals surface area contributed by atoms with Gasteiger partial charge in [-0.1, -0.05) is 44.2 Å². The molecule has 0 radical (unpaired) electrons. The summed E-state index contributed by atoms with van der Waals surface area (Å²) in [4.78, 5) is 16.8. The molecule has 0 aliphatic heterocycles. The number of amides is 1. The second-order valence-electron chi connectivity index (χ2n) is 7.90. The number of rotatable bonds is 5. The number of nitrogens with one attached hydrogen (secondary N) is 1. The number of hydrogen-bond donors (Lipinski definition) is 1. The molecule has 3 aromatic rings. The Morgan fingerprint density at radius 3 is 2.44 bits per heavy atom. The minimum atomic E-state index is -0.308. The van der Waals surface area contributed by atoms with Gasteiger partial charge in [0.25, 0.3) is 5.91 Å². The van der Waals surface area contributed by atoms with Gasteiger partial charge >= 0.3 is 0 Å². The lowest BCUT2D eigenvalue weighted by Crippen LogP contribution is -2.26. The fourth-order valence-corrected chi connectivity index (χ4v) is 2.82. The van der Waals surface area contributed by atoms with Crippen LogP contribution in [-0.2, 0) is 12.1 Å². The van der Waals surface area contributed by atoms with Gasteiger partial charge in [0.2, 0.25) is 5.95 Å². The van der Waals surface area contributed by atoms with E-state index in [1.54, 1.807) is 11.0 Å². The molecule has 1 amide bonds. The summed E-state index contributed by atoms with van der Waals surface area (Å²) in [5, 5.41) is 11.6. The fraction of sp³-hybridized carbons (Fsp3) is 0.400. The Balaban J connectivity index is 1.74. The van der Waals surface area contributed by atoms with Crippen molar-refractivity contribution < 1.29 is 4.79 Å². The maximum Gasteiger partial charge on any atom is 0.278 e. The number of benzene rings is 1. The van der Waals surface area contributed by atoms with Crippen LogP contribution in [-0.4, -0.2) is 30.5 Å². The Bertz CT molecular complexity index is 918. The van der Waals surface area contributed by atoms with Gasteiger partial charge in [-0.2, -0.15) is 5.10 Å². The van der Waals surface area contributed by atoms with Crippen molar-refractivity contribution in [2.24, 2.45) is 0 Å². The number of nitrogens with zero attached hydrogens (tertiary/aromatic N) is 5. The minimum absolute atomic E-state index is 0.201. The average molecular weight is 366 g/mol. The van der Waals surface area contributed by atoms with Gasteiger partial charge in [0.15, 0.2) is 5.69 Å². The molecule has 142 valence electrons. The van der Waals surface area contributed by atoms with Gasteiger partial charge in [-0.25, -0.2) is 9.67 Å². The first kappa shape index (κ1) is 18.8. The summed E-state index contributed by atoms with van der Waals surface area (Å²) in [6, 6.07) is 11.8. The van der Waals surface area contributed by atoms with Crippen LogP contribution in [0.1, 0.15) is 62.3 Å². The summed E-state index contributed by atoms with van der Waals surface area (Å²) >= 11 is 0. The van der Waals surface area contributed by atoms with Crippen molar-refractivity contribution in [3.63, 3.8) is 0 Å². The summed E-state index contributed by atoms with van der Waals surface area (Å²) in [5.74, 6) is 0.228.